The predicted molar refractivity (Wildman–Crippen MR) is 83.8 cm³/mol. The van der Waals surface area contributed by atoms with Crippen LogP contribution in [0.15, 0.2) is 12.1 Å². The lowest BCUT2D eigenvalue weighted by atomic mass is 10.1. The third kappa shape index (κ3) is 3.64. The summed E-state index contributed by atoms with van der Waals surface area (Å²) in [6.45, 7) is 7.92. The Morgan fingerprint density at radius 3 is 2.90 bits per heavy atom. The average molecular weight is 294 g/mol. The molecule has 1 aliphatic heterocycles. The topological polar surface area (TPSA) is 71.2 Å². The molecule has 1 amide bonds. The summed E-state index contributed by atoms with van der Waals surface area (Å²) in [4.78, 5) is 18.7. The fourth-order valence-corrected chi connectivity index (χ4v) is 3.37. The van der Waals surface area contributed by atoms with Gasteiger partial charge in [0.05, 0.1) is 0 Å². The highest BCUT2D eigenvalue weighted by Gasteiger charge is 2.26. The van der Waals surface area contributed by atoms with Crippen molar-refractivity contribution in [2.24, 2.45) is 5.84 Å². The average Bonchev–Trinajstić information content (AvgIpc) is 2.58. The van der Waals surface area contributed by atoms with E-state index in [1.54, 1.807) is 6.07 Å². The van der Waals surface area contributed by atoms with Crippen molar-refractivity contribution in [3.05, 3.63) is 23.4 Å². The van der Waals surface area contributed by atoms with E-state index < -0.39 is 0 Å². The van der Waals surface area contributed by atoms with E-state index in [9.17, 15) is 4.79 Å². The molecule has 6 heteroatoms. The molecule has 110 valence electrons. The molecule has 2 rings (SSSR count). The van der Waals surface area contributed by atoms with Gasteiger partial charge in [0, 0.05) is 34.8 Å². The lowest BCUT2D eigenvalue weighted by Crippen LogP contribution is -2.33. The van der Waals surface area contributed by atoms with Crippen molar-refractivity contribution >= 4 is 23.5 Å². The number of hydrazine groups is 1. The zero-order valence-corrected chi connectivity index (χ0v) is 13.1. The monoisotopic (exact) mass is 294 g/mol. The van der Waals surface area contributed by atoms with Crippen LogP contribution in [-0.4, -0.2) is 39.4 Å². The summed E-state index contributed by atoms with van der Waals surface area (Å²) in [6, 6.07) is 3.52. The van der Waals surface area contributed by atoms with E-state index in [0.29, 0.717) is 11.4 Å². The van der Waals surface area contributed by atoms with E-state index in [4.69, 9.17) is 5.84 Å². The van der Waals surface area contributed by atoms with Crippen LogP contribution >= 0.6 is 11.8 Å². The molecule has 3 N–H and O–H groups in total. The van der Waals surface area contributed by atoms with Crippen LogP contribution < -0.4 is 11.3 Å². The van der Waals surface area contributed by atoms with Crippen LogP contribution in [-0.2, 0) is 0 Å². The molecule has 0 aromatic carbocycles. The molecule has 1 fully saturated rings. The zero-order valence-electron chi connectivity index (χ0n) is 12.3. The number of carbonyl (C=O) groups is 1. The van der Waals surface area contributed by atoms with Crippen molar-refractivity contribution < 1.29 is 4.79 Å². The minimum absolute atomic E-state index is 0.0605. The molecule has 1 aromatic rings. The van der Waals surface area contributed by atoms with Gasteiger partial charge in [0.15, 0.2) is 0 Å². The quantitative estimate of drug-likeness (QED) is 0.645. The van der Waals surface area contributed by atoms with Crippen LogP contribution in [0, 0.1) is 6.92 Å². The number of carbonyl (C=O) groups excluding carboxylic acids is 1. The molecule has 0 atom stereocenters. The Kier molecular flexibility index (Phi) is 4.55. The van der Waals surface area contributed by atoms with Crippen LogP contribution in [0.25, 0.3) is 0 Å². The molecular formula is C14H22N4OS. The molecule has 1 aliphatic rings. The number of hydrogen-bond acceptors (Lipinski definition) is 5. The number of anilines is 1. The number of rotatable bonds is 2. The molecule has 2 heterocycles. The number of amides is 1. The molecule has 1 aromatic heterocycles. The summed E-state index contributed by atoms with van der Waals surface area (Å²) in [5.41, 5.74) is 3.94. The highest BCUT2D eigenvalue weighted by Crippen LogP contribution is 2.31. The summed E-state index contributed by atoms with van der Waals surface area (Å²) >= 11 is 1.93. The standard InChI is InChI=1S/C14H22N4OS/c1-10-8-11(9-12(16-10)17-15)13(19)18-5-4-14(2,3)20-7-6-18/h8-9H,4-7,15H2,1-3H3,(H,16,17). The fraction of sp³-hybridized carbons (Fsp3) is 0.571. The maximum atomic E-state index is 12.6. The Labute approximate surface area is 124 Å². The third-order valence-corrected chi connectivity index (χ3v) is 4.85. The number of hydrogen-bond donors (Lipinski definition) is 2. The maximum absolute atomic E-state index is 12.6. The molecule has 0 aliphatic carbocycles. The minimum Gasteiger partial charge on any atom is -0.338 e. The van der Waals surface area contributed by atoms with Gasteiger partial charge in [-0.25, -0.2) is 10.8 Å². The molecule has 20 heavy (non-hydrogen) atoms. The number of aromatic nitrogens is 1. The molecular weight excluding hydrogens is 272 g/mol. The molecule has 0 radical (unpaired) electrons. The van der Waals surface area contributed by atoms with Crippen molar-refractivity contribution in [1.29, 1.82) is 0 Å². The van der Waals surface area contributed by atoms with Gasteiger partial charge in [-0.15, -0.1) is 0 Å². The first-order valence-electron chi connectivity index (χ1n) is 6.80. The summed E-state index contributed by atoms with van der Waals surface area (Å²) in [5, 5.41) is 0. The molecule has 0 spiro atoms. The third-order valence-electron chi connectivity index (χ3n) is 3.47. The number of nitrogens with one attached hydrogen (secondary N) is 1. The van der Waals surface area contributed by atoms with E-state index >= 15 is 0 Å². The van der Waals surface area contributed by atoms with Crippen molar-refractivity contribution in [1.82, 2.24) is 9.88 Å². The van der Waals surface area contributed by atoms with E-state index in [1.165, 1.54) is 0 Å². The lowest BCUT2D eigenvalue weighted by Gasteiger charge is -2.23. The van der Waals surface area contributed by atoms with E-state index in [0.717, 1.165) is 31.0 Å². The fourth-order valence-electron chi connectivity index (χ4n) is 2.27. The lowest BCUT2D eigenvalue weighted by molar-refractivity contribution is 0.0764. The Bertz CT molecular complexity index is 504. The van der Waals surface area contributed by atoms with Crippen LogP contribution in [0.3, 0.4) is 0 Å². The van der Waals surface area contributed by atoms with E-state index in [1.807, 2.05) is 29.7 Å². The van der Waals surface area contributed by atoms with Gasteiger partial charge in [-0.3, -0.25) is 4.79 Å². The van der Waals surface area contributed by atoms with E-state index in [-0.39, 0.29) is 10.7 Å². The van der Waals surface area contributed by atoms with Gasteiger partial charge in [-0.2, -0.15) is 11.8 Å². The molecule has 1 saturated heterocycles. The molecule has 5 nitrogen and oxygen atoms in total. The van der Waals surface area contributed by atoms with Gasteiger partial charge in [-0.1, -0.05) is 13.8 Å². The largest absolute Gasteiger partial charge is 0.338 e. The molecule has 0 bridgehead atoms. The van der Waals surface area contributed by atoms with Gasteiger partial charge >= 0.3 is 0 Å². The predicted octanol–water partition coefficient (Wildman–Crippen LogP) is 2.03. The Morgan fingerprint density at radius 2 is 2.20 bits per heavy atom. The highest BCUT2D eigenvalue weighted by atomic mass is 32.2. The second kappa shape index (κ2) is 6.01. The maximum Gasteiger partial charge on any atom is 0.254 e. The zero-order chi connectivity index (χ0) is 14.8. The first-order chi connectivity index (χ1) is 9.41. The number of aryl methyl sites for hydroxylation is 1. The van der Waals surface area contributed by atoms with E-state index in [2.05, 4.69) is 24.3 Å². The summed E-state index contributed by atoms with van der Waals surface area (Å²) in [7, 11) is 0. The second-order valence-corrected chi connectivity index (χ2v) is 7.48. The van der Waals surface area contributed by atoms with Gasteiger partial charge in [0.2, 0.25) is 0 Å². The number of nitrogens with two attached hydrogens (primary N) is 1. The summed E-state index contributed by atoms with van der Waals surface area (Å²) < 4.78 is 0.243. The van der Waals surface area contributed by atoms with Crippen molar-refractivity contribution in [2.75, 3.05) is 24.3 Å². The second-order valence-electron chi connectivity index (χ2n) is 5.68. The summed E-state index contributed by atoms with van der Waals surface area (Å²) in [6.07, 6.45) is 1.01. The van der Waals surface area contributed by atoms with Crippen molar-refractivity contribution in [2.45, 2.75) is 31.9 Å². The van der Waals surface area contributed by atoms with Crippen LogP contribution in [0.2, 0.25) is 0 Å². The SMILES string of the molecule is Cc1cc(C(=O)N2CCSC(C)(C)CC2)cc(NN)n1. The van der Waals surface area contributed by atoms with Crippen LogP contribution in [0.1, 0.15) is 36.3 Å². The Balaban J connectivity index is 2.16. The number of pyridine rings is 1. The normalized spacial score (nSPS) is 18.5. The smallest absolute Gasteiger partial charge is 0.254 e. The first-order valence-corrected chi connectivity index (χ1v) is 7.78. The van der Waals surface area contributed by atoms with Gasteiger partial charge in [0.1, 0.15) is 5.82 Å². The van der Waals surface area contributed by atoms with Crippen LogP contribution in [0.4, 0.5) is 5.82 Å². The molecule has 0 unspecified atom stereocenters. The summed E-state index contributed by atoms with van der Waals surface area (Å²) in [5.74, 6) is 6.95. The highest BCUT2D eigenvalue weighted by molar-refractivity contribution is 8.00. The Hall–Kier alpha value is -1.27. The number of nitrogen functional groups attached to an aromatic ring is 1. The van der Waals surface area contributed by atoms with Gasteiger partial charge in [-0.05, 0) is 25.5 Å². The van der Waals surface area contributed by atoms with Crippen LogP contribution in [0.5, 0.6) is 0 Å². The first kappa shape index (κ1) is 15.1. The number of nitrogens with zero attached hydrogens (tertiary/aromatic N) is 2. The number of thioether (sulfide) groups is 1. The Morgan fingerprint density at radius 1 is 1.45 bits per heavy atom. The van der Waals surface area contributed by atoms with Gasteiger partial charge < -0.3 is 10.3 Å². The van der Waals surface area contributed by atoms with Crippen molar-refractivity contribution in [3.63, 3.8) is 0 Å². The minimum atomic E-state index is 0.0605. The molecule has 0 saturated carbocycles. The van der Waals surface area contributed by atoms with Gasteiger partial charge in [0.25, 0.3) is 5.91 Å². The van der Waals surface area contributed by atoms with Crippen molar-refractivity contribution in [3.8, 4) is 0 Å².